The predicted molar refractivity (Wildman–Crippen MR) is 120 cm³/mol. The van der Waals surface area contributed by atoms with Gasteiger partial charge in [-0.3, -0.25) is 4.79 Å². The number of nitrogens with zero attached hydrogens (tertiary/aromatic N) is 3. The molecule has 1 amide bonds. The Morgan fingerprint density at radius 1 is 1.03 bits per heavy atom. The number of aryl methyl sites for hydroxylation is 1. The van der Waals surface area contributed by atoms with Gasteiger partial charge in [-0.15, -0.1) is 0 Å². The molecule has 6 heteroatoms. The highest BCUT2D eigenvalue weighted by atomic mass is 16.4. The van der Waals surface area contributed by atoms with E-state index in [2.05, 4.69) is 39.3 Å². The molecule has 0 unspecified atom stereocenters. The van der Waals surface area contributed by atoms with Crippen molar-refractivity contribution in [3.8, 4) is 11.3 Å². The number of likely N-dealkylation sites (N-methyl/N-ethyl adjacent to an activating group) is 1. The van der Waals surface area contributed by atoms with Crippen LogP contribution >= 0.6 is 0 Å². The van der Waals surface area contributed by atoms with Crippen molar-refractivity contribution < 1.29 is 9.21 Å². The zero-order chi connectivity index (χ0) is 20.8. The molecular weight excluding hydrogens is 376 g/mol. The van der Waals surface area contributed by atoms with Gasteiger partial charge >= 0.3 is 0 Å². The Labute approximate surface area is 177 Å². The number of nitrogens with one attached hydrogen (secondary N) is 1. The van der Waals surface area contributed by atoms with E-state index in [0.717, 1.165) is 43.2 Å². The Balaban J connectivity index is 1.22. The second-order valence-electron chi connectivity index (χ2n) is 7.72. The number of rotatable bonds is 7. The molecule has 1 aliphatic heterocycles. The minimum atomic E-state index is 0.0113. The predicted octanol–water partition coefficient (Wildman–Crippen LogP) is 4.05. The van der Waals surface area contributed by atoms with Crippen molar-refractivity contribution in [2.24, 2.45) is 0 Å². The average molecular weight is 405 g/mol. The molecule has 0 spiro atoms. The van der Waals surface area contributed by atoms with Crippen LogP contribution in [0.2, 0.25) is 0 Å². The monoisotopic (exact) mass is 404 g/mol. The molecule has 1 aromatic heterocycles. The number of hydrogen-bond acceptors (Lipinski definition) is 5. The fourth-order valence-electron chi connectivity index (χ4n) is 3.61. The number of carbonyl (C=O) groups excluding carboxylic acids is 1. The highest BCUT2D eigenvalue weighted by molar-refractivity contribution is 5.90. The molecular formula is C24H28N4O2. The second kappa shape index (κ2) is 9.59. The average Bonchev–Trinajstić information content (AvgIpc) is 3.24. The summed E-state index contributed by atoms with van der Waals surface area (Å²) in [6.07, 6.45) is 3.51. The molecule has 0 atom stereocenters. The van der Waals surface area contributed by atoms with Crippen LogP contribution in [-0.4, -0.2) is 49.0 Å². The Morgan fingerprint density at radius 3 is 2.50 bits per heavy atom. The Kier molecular flexibility index (Phi) is 6.44. The molecule has 3 aromatic rings. The molecule has 1 N–H and O–H groups in total. The van der Waals surface area contributed by atoms with Crippen molar-refractivity contribution in [1.29, 1.82) is 0 Å². The zero-order valence-electron chi connectivity index (χ0n) is 17.4. The largest absolute Gasteiger partial charge is 0.441 e. The SMILES string of the molecule is CN1CCN(c2ccc(NC(=O)CCCc3ncc(-c4ccccc4)o3)cc2)CC1. The number of anilines is 2. The second-order valence-corrected chi connectivity index (χ2v) is 7.72. The lowest BCUT2D eigenvalue weighted by Crippen LogP contribution is -2.44. The van der Waals surface area contributed by atoms with Gasteiger partial charge in [0.25, 0.3) is 0 Å². The molecule has 4 rings (SSSR count). The number of aromatic nitrogens is 1. The molecule has 156 valence electrons. The van der Waals surface area contributed by atoms with Crippen LogP contribution < -0.4 is 10.2 Å². The summed E-state index contributed by atoms with van der Waals surface area (Å²) in [5.74, 6) is 1.44. The Morgan fingerprint density at radius 2 is 1.77 bits per heavy atom. The van der Waals surface area contributed by atoms with Crippen molar-refractivity contribution in [1.82, 2.24) is 9.88 Å². The third kappa shape index (κ3) is 5.27. The van der Waals surface area contributed by atoms with Gasteiger partial charge in [-0.1, -0.05) is 30.3 Å². The first kappa shape index (κ1) is 20.2. The molecule has 0 bridgehead atoms. The first-order valence-electron chi connectivity index (χ1n) is 10.5. The highest BCUT2D eigenvalue weighted by Gasteiger charge is 2.14. The van der Waals surface area contributed by atoms with Gasteiger partial charge in [0, 0.05) is 56.0 Å². The van der Waals surface area contributed by atoms with E-state index < -0.39 is 0 Å². The van der Waals surface area contributed by atoms with E-state index in [4.69, 9.17) is 4.42 Å². The van der Waals surface area contributed by atoms with Gasteiger partial charge in [0.15, 0.2) is 11.7 Å². The Bertz CT molecular complexity index is 945. The number of oxazole rings is 1. The van der Waals surface area contributed by atoms with Crippen LogP contribution in [0.1, 0.15) is 18.7 Å². The smallest absolute Gasteiger partial charge is 0.224 e. The minimum Gasteiger partial charge on any atom is -0.441 e. The van der Waals surface area contributed by atoms with Crippen LogP contribution in [0, 0.1) is 0 Å². The molecule has 0 aliphatic carbocycles. The van der Waals surface area contributed by atoms with Crippen LogP contribution in [0.15, 0.2) is 65.2 Å². The fraction of sp³-hybridized carbons (Fsp3) is 0.333. The summed E-state index contributed by atoms with van der Waals surface area (Å²) in [5, 5.41) is 2.98. The maximum atomic E-state index is 12.3. The van der Waals surface area contributed by atoms with Gasteiger partial charge in [-0.05, 0) is 37.7 Å². The maximum absolute atomic E-state index is 12.3. The molecule has 2 heterocycles. The van der Waals surface area contributed by atoms with Crippen LogP contribution in [0.4, 0.5) is 11.4 Å². The highest BCUT2D eigenvalue weighted by Crippen LogP contribution is 2.21. The summed E-state index contributed by atoms with van der Waals surface area (Å²) in [6, 6.07) is 18.0. The molecule has 1 aliphatic rings. The van der Waals surface area contributed by atoms with Gasteiger partial charge in [0.2, 0.25) is 5.91 Å². The standard InChI is InChI=1S/C24H28N4O2/c1-27-14-16-28(17-15-27)21-12-10-20(11-13-21)26-23(29)8-5-9-24-25-18-22(30-24)19-6-3-2-4-7-19/h2-4,6-7,10-13,18H,5,8-9,14-17H2,1H3,(H,26,29). The summed E-state index contributed by atoms with van der Waals surface area (Å²) in [4.78, 5) is 21.3. The van der Waals surface area contributed by atoms with E-state index in [-0.39, 0.29) is 5.91 Å². The summed E-state index contributed by atoms with van der Waals surface area (Å²) in [5.41, 5.74) is 3.05. The first-order chi connectivity index (χ1) is 14.7. The van der Waals surface area contributed by atoms with E-state index >= 15 is 0 Å². The van der Waals surface area contributed by atoms with Gasteiger partial charge < -0.3 is 19.5 Å². The molecule has 0 radical (unpaired) electrons. The third-order valence-electron chi connectivity index (χ3n) is 5.43. The van der Waals surface area contributed by atoms with Gasteiger partial charge in [-0.2, -0.15) is 0 Å². The van der Waals surface area contributed by atoms with Crippen LogP contribution in [0.3, 0.4) is 0 Å². The van der Waals surface area contributed by atoms with Crippen molar-refractivity contribution in [3.05, 3.63) is 66.7 Å². The summed E-state index contributed by atoms with van der Waals surface area (Å²) < 4.78 is 5.80. The minimum absolute atomic E-state index is 0.0113. The molecule has 2 aromatic carbocycles. The Hall–Kier alpha value is -3.12. The van der Waals surface area contributed by atoms with Crippen LogP contribution in [0.25, 0.3) is 11.3 Å². The fourth-order valence-corrected chi connectivity index (χ4v) is 3.61. The van der Waals surface area contributed by atoms with E-state index in [1.54, 1.807) is 6.20 Å². The van der Waals surface area contributed by atoms with E-state index in [0.29, 0.717) is 25.2 Å². The first-order valence-corrected chi connectivity index (χ1v) is 10.5. The molecule has 30 heavy (non-hydrogen) atoms. The molecule has 6 nitrogen and oxygen atoms in total. The number of benzene rings is 2. The van der Waals surface area contributed by atoms with Crippen LogP contribution in [-0.2, 0) is 11.2 Å². The quantitative estimate of drug-likeness (QED) is 0.644. The number of carbonyl (C=O) groups is 1. The number of piperazine rings is 1. The van der Waals surface area contributed by atoms with Crippen LogP contribution in [0.5, 0.6) is 0 Å². The van der Waals surface area contributed by atoms with Crippen molar-refractivity contribution in [3.63, 3.8) is 0 Å². The summed E-state index contributed by atoms with van der Waals surface area (Å²) in [6.45, 7) is 4.23. The van der Waals surface area contributed by atoms with Crippen molar-refractivity contribution in [2.75, 3.05) is 43.4 Å². The lowest BCUT2D eigenvalue weighted by Gasteiger charge is -2.34. The summed E-state index contributed by atoms with van der Waals surface area (Å²) in [7, 11) is 2.15. The van der Waals surface area contributed by atoms with Gasteiger partial charge in [0.1, 0.15) is 0 Å². The number of hydrogen-bond donors (Lipinski definition) is 1. The van der Waals surface area contributed by atoms with Gasteiger partial charge in [-0.25, -0.2) is 4.98 Å². The van der Waals surface area contributed by atoms with Crippen molar-refractivity contribution in [2.45, 2.75) is 19.3 Å². The van der Waals surface area contributed by atoms with E-state index in [1.165, 1.54) is 5.69 Å². The third-order valence-corrected chi connectivity index (χ3v) is 5.43. The maximum Gasteiger partial charge on any atom is 0.224 e. The van der Waals surface area contributed by atoms with E-state index in [9.17, 15) is 4.79 Å². The molecule has 1 fully saturated rings. The van der Waals surface area contributed by atoms with E-state index in [1.807, 2.05) is 42.5 Å². The molecule has 0 saturated carbocycles. The summed E-state index contributed by atoms with van der Waals surface area (Å²) >= 11 is 0. The number of amides is 1. The zero-order valence-corrected chi connectivity index (χ0v) is 17.4. The lowest BCUT2D eigenvalue weighted by molar-refractivity contribution is -0.116. The van der Waals surface area contributed by atoms with Crippen molar-refractivity contribution >= 4 is 17.3 Å². The lowest BCUT2D eigenvalue weighted by atomic mass is 10.2. The van der Waals surface area contributed by atoms with Gasteiger partial charge in [0.05, 0.1) is 6.20 Å². The molecule has 1 saturated heterocycles. The topological polar surface area (TPSA) is 61.6 Å². The normalized spacial score (nSPS) is 14.6.